The first-order chi connectivity index (χ1) is 9.79. The lowest BCUT2D eigenvalue weighted by atomic mass is 10.1. The van der Waals surface area contributed by atoms with Crippen molar-refractivity contribution in [3.63, 3.8) is 0 Å². The van der Waals surface area contributed by atoms with E-state index in [1.54, 1.807) is 13.2 Å². The third-order valence-corrected chi connectivity index (χ3v) is 3.76. The SMILES string of the molecule is COc1cc(N)ccc1OCCCCN1CCCCC1. The van der Waals surface area contributed by atoms with Crippen LogP contribution < -0.4 is 15.2 Å². The van der Waals surface area contributed by atoms with Crippen molar-refractivity contribution >= 4 is 5.69 Å². The smallest absolute Gasteiger partial charge is 0.162 e. The molecule has 20 heavy (non-hydrogen) atoms. The number of methoxy groups -OCH3 is 1. The van der Waals surface area contributed by atoms with E-state index in [4.69, 9.17) is 15.2 Å². The summed E-state index contributed by atoms with van der Waals surface area (Å²) in [5.41, 5.74) is 6.41. The van der Waals surface area contributed by atoms with Gasteiger partial charge in [-0.15, -0.1) is 0 Å². The number of hydrogen-bond donors (Lipinski definition) is 1. The van der Waals surface area contributed by atoms with Gasteiger partial charge in [0, 0.05) is 11.8 Å². The largest absolute Gasteiger partial charge is 0.493 e. The lowest BCUT2D eigenvalue weighted by Crippen LogP contribution is -2.30. The van der Waals surface area contributed by atoms with Crippen molar-refractivity contribution in [3.05, 3.63) is 18.2 Å². The second-order valence-electron chi connectivity index (χ2n) is 5.37. The first-order valence-corrected chi connectivity index (χ1v) is 7.58. The van der Waals surface area contributed by atoms with Gasteiger partial charge in [0.25, 0.3) is 0 Å². The van der Waals surface area contributed by atoms with Gasteiger partial charge in [0.05, 0.1) is 13.7 Å². The van der Waals surface area contributed by atoms with Crippen LogP contribution in [0, 0.1) is 0 Å². The van der Waals surface area contributed by atoms with Crippen molar-refractivity contribution < 1.29 is 9.47 Å². The molecule has 0 aromatic heterocycles. The maximum absolute atomic E-state index is 5.77. The van der Waals surface area contributed by atoms with Crippen molar-refractivity contribution in [2.24, 2.45) is 0 Å². The molecule has 1 aromatic rings. The minimum absolute atomic E-state index is 0.694. The highest BCUT2D eigenvalue weighted by atomic mass is 16.5. The van der Waals surface area contributed by atoms with E-state index in [0.717, 1.165) is 18.8 Å². The minimum atomic E-state index is 0.694. The molecule has 1 fully saturated rings. The van der Waals surface area contributed by atoms with Gasteiger partial charge in [-0.1, -0.05) is 6.42 Å². The lowest BCUT2D eigenvalue weighted by molar-refractivity contribution is 0.214. The number of rotatable bonds is 7. The van der Waals surface area contributed by atoms with E-state index in [0.29, 0.717) is 11.4 Å². The molecule has 1 heterocycles. The van der Waals surface area contributed by atoms with Crippen molar-refractivity contribution in [1.29, 1.82) is 0 Å². The van der Waals surface area contributed by atoms with Crippen LogP contribution in [0.3, 0.4) is 0 Å². The Morgan fingerprint density at radius 1 is 1.10 bits per heavy atom. The number of likely N-dealkylation sites (tertiary alicyclic amines) is 1. The lowest BCUT2D eigenvalue weighted by Gasteiger charge is -2.26. The van der Waals surface area contributed by atoms with Gasteiger partial charge in [0.2, 0.25) is 0 Å². The van der Waals surface area contributed by atoms with Crippen LogP contribution in [0.15, 0.2) is 18.2 Å². The molecular formula is C16H26N2O2. The number of anilines is 1. The molecular weight excluding hydrogens is 252 g/mol. The zero-order chi connectivity index (χ0) is 14.2. The van der Waals surface area contributed by atoms with E-state index < -0.39 is 0 Å². The van der Waals surface area contributed by atoms with Gasteiger partial charge in [-0.3, -0.25) is 0 Å². The van der Waals surface area contributed by atoms with Crippen LogP contribution in [-0.2, 0) is 0 Å². The summed E-state index contributed by atoms with van der Waals surface area (Å²) in [4.78, 5) is 2.56. The number of nitrogens with zero attached hydrogens (tertiary/aromatic N) is 1. The monoisotopic (exact) mass is 278 g/mol. The van der Waals surface area contributed by atoms with Crippen LogP contribution in [0.5, 0.6) is 11.5 Å². The highest BCUT2D eigenvalue weighted by Gasteiger charge is 2.09. The van der Waals surface area contributed by atoms with E-state index in [1.165, 1.54) is 45.3 Å². The fourth-order valence-corrected chi connectivity index (χ4v) is 2.61. The van der Waals surface area contributed by atoms with Gasteiger partial charge in [-0.25, -0.2) is 0 Å². The first-order valence-electron chi connectivity index (χ1n) is 7.58. The topological polar surface area (TPSA) is 47.7 Å². The number of nitrogen functional groups attached to an aromatic ring is 1. The number of piperidine rings is 1. The normalized spacial score (nSPS) is 16.1. The second-order valence-corrected chi connectivity index (χ2v) is 5.37. The van der Waals surface area contributed by atoms with E-state index in [2.05, 4.69) is 4.90 Å². The van der Waals surface area contributed by atoms with Gasteiger partial charge < -0.3 is 20.1 Å². The molecule has 1 aliphatic rings. The Kier molecular flexibility index (Phi) is 5.99. The van der Waals surface area contributed by atoms with Gasteiger partial charge in [0.15, 0.2) is 11.5 Å². The molecule has 1 aliphatic heterocycles. The molecule has 0 spiro atoms. The van der Waals surface area contributed by atoms with E-state index in [1.807, 2.05) is 12.1 Å². The number of hydrogen-bond acceptors (Lipinski definition) is 4. The molecule has 112 valence electrons. The molecule has 0 amide bonds. The Labute approximate surface area is 121 Å². The quantitative estimate of drug-likeness (QED) is 0.615. The number of nitrogens with two attached hydrogens (primary N) is 1. The summed E-state index contributed by atoms with van der Waals surface area (Å²) < 4.78 is 11.0. The molecule has 0 radical (unpaired) electrons. The molecule has 4 nitrogen and oxygen atoms in total. The maximum atomic E-state index is 5.77. The van der Waals surface area contributed by atoms with Crippen LogP contribution in [0.2, 0.25) is 0 Å². The van der Waals surface area contributed by atoms with Crippen molar-refractivity contribution in [2.45, 2.75) is 32.1 Å². The Hall–Kier alpha value is -1.42. The maximum Gasteiger partial charge on any atom is 0.162 e. The number of ether oxygens (including phenoxy) is 2. The second kappa shape index (κ2) is 8.00. The number of unbranched alkanes of at least 4 members (excludes halogenated alkanes) is 1. The predicted molar refractivity (Wildman–Crippen MR) is 82.4 cm³/mol. The Bertz CT molecular complexity index is 403. The first kappa shape index (κ1) is 15.0. The van der Waals surface area contributed by atoms with Crippen LogP contribution >= 0.6 is 0 Å². The summed E-state index contributed by atoms with van der Waals surface area (Å²) in [5, 5.41) is 0. The van der Waals surface area contributed by atoms with Crippen LogP contribution in [0.4, 0.5) is 5.69 Å². The van der Waals surface area contributed by atoms with E-state index >= 15 is 0 Å². The third kappa shape index (κ3) is 4.60. The summed E-state index contributed by atoms with van der Waals surface area (Å²) in [6.45, 7) is 4.47. The Morgan fingerprint density at radius 3 is 2.65 bits per heavy atom. The predicted octanol–water partition coefficient (Wildman–Crippen LogP) is 2.92. The molecule has 0 atom stereocenters. The fraction of sp³-hybridized carbons (Fsp3) is 0.625. The molecule has 2 rings (SSSR count). The summed E-state index contributed by atoms with van der Waals surface area (Å²) in [7, 11) is 1.64. The molecule has 0 bridgehead atoms. The van der Waals surface area contributed by atoms with Gasteiger partial charge >= 0.3 is 0 Å². The molecule has 0 unspecified atom stereocenters. The van der Waals surface area contributed by atoms with Crippen LogP contribution in [0.25, 0.3) is 0 Å². The van der Waals surface area contributed by atoms with E-state index in [9.17, 15) is 0 Å². The summed E-state index contributed by atoms with van der Waals surface area (Å²) in [6.07, 6.45) is 6.39. The molecule has 1 aromatic carbocycles. The van der Waals surface area contributed by atoms with Crippen molar-refractivity contribution in [1.82, 2.24) is 4.90 Å². The zero-order valence-corrected chi connectivity index (χ0v) is 12.4. The number of benzene rings is 1. The van der Waals surface area contributed by atoms with Gasteiger partial charge in [-0.05, 0) is 57.5 Å². The molecule has 0 aliphatic carbocycles. The average molecular weight is 278 g/mol. The standard InChI is InChI=1S/C16H26N2O2/c1-19-16-13-14(17)7-8-15(16)20-12-6-5-11-18-9-3-2-4-10-18/h7-8,13H,2-6,9-12,17H2,1H3. The average Bonchev–Trinajstić information content (AvgIpc) is 2.49. The van der Waals surface area contributed by atoms with Crippen LogP contribution in [0.1, 0.15) is 32.1 Å². The fourth-order valence-electron chi connectivity index (χ4n) is 2.61. The minimum Gasteiger partial charge on any atom is -0.493 e. The molecule has 1 saturated heterocycles. The highest BCUT2D eigenvalue weighted by molar-refractivity contribution is 5.51. The molecule has 2 N–H and O–H groups in total. The summed E-state index contributed by atoms with van der Waals surface area (Å²) >= 11 is 0. The van der Waals surface area contributed by atoms with Crippen LogP contribution in [-0.4, -0.2) is 38.3 Å². The summed E-state index contributed by atoms with van der Waals surface area (Å²) in [6, 6.07) is 5.51. The van der Waals surface area contributed by atoms with Gasteiger partial charge in [0.1, 0.15) is 0 Å². The third-order valence-electron chi connectivity index (χ3n) is 3.76. The summed E-state index contributed by atoms with van der Waals surface area (Å²) in [5.74, 6) is 1.49. The Morgan fingerprint density at radius 2 is 1.90 bits per heavy atom. The zero-order valence-electron chi connectivity index (χ0n) is 12.4. The van der Waals surface area contributed by atoms with Gasteiger partial charge in [-0.2, -0.15) is 0 Å². The Balaban J connectivity index is 1.65. The van der Waals surface area contributed by atoms with Crippen molar-refractivity contribution in [3.8, 4) is 11.5 Å². The molecule has 4 heteroatoms. The van der Waals surface area contributed by atoms with E-state index in [-0.39, 0.29) is 0 Å². The molecule has 0 saturated carbocycles. The highest BCUT2D eigenvalue weighted by Crippen LogP contribution is 2.29. The van der Waals surface area contributed by atoms with Crippen molar-refractivity contribution in [2.75, 3.05) is 39.1 Å².